The third kappa shape index (κ3) is 5.34. The van der Waals surface area contributed by atoms with Crippen LogP contribution in [0.2, 0.25) is 0 Å². The molecule has 4 aliphatic heterocycles. The molecule has 5 heterocycles. The number of ether oxygens (including phenoxy) is 1. The van der Waals surface area contributed by atoms with Crippen molar-refractivity contribution in [3.8, 4) is 22.8 Å². The number of piperidine rings is 2. The van der Waals surface area contributed by atoms with Gasteiger partial charge in [-0.05, 0) is 87.5 Å². The number of primary amides is 1. The highest BCUT2D eigenvalue weighted by Crippen LogP contribution is 2.40. The summed E-state index contributed by atoms with van der Waals surface area (Å²) in [7, 11) is 0. The number of carbonyl (C=O) groups excluding carboxylic acids is 1. The monoisotopic (exact) mass is 555 g/mol. The van der Waals surface area contributed by atoms with E-state index in [0.717, 1.165) is 74.1 Å². The van der Waals surface area contributed by atoms with Crippen molar-refractivity contribution in [2.24, 2.45) is 11.7 Å². The minimum Gasteiger partial charge on any atom is -0.457 e. The van der Waals surface area contributed by atoms with Gasteiger partial charge in [0.25, 0.3) is 5.91 Å². The SMILES string of the molecule is NC(=O)c1c(-c2ccc(Oc3ccccc3)cc2)nn2c1NCC[C@H]2C1CCN(C2CCN(C3CNC3)CC2)CC1. The minimum absolute atomic E-state index is 0.272. The number of nitrogens with zero attached hydrogens (tertiary/aromatic N) is 4. The van der Waals surface area contributed by atoms with Crippen LogP contribution >= 0.6 is 0 Å². The number of nitrogens with one attached hydrogen (secondary N) is 2. The fourth-order valence-corrected chi connectivity index (χ4v) is 7.30. The van der Waals surface area contributed by atoms with E-state index in [4.69, 9.17) is 15.6 Å². The topological polar surface area (TPSA) is 101 Å². The highest BCUT2D eigenvalue weighted by molar-refractivity contribution is 6.03. The third-order valence-electron chi connectivity index (χ3n) is 9.72. The van der Waals surface area contributed by atoms with E-state index >= 15 is 0 Å². The summed E-state index contributed by atoms with van der Waals surface area (Å²) in [6.45, 7) is 7.93. The number of amides is 1. The average Bonchev–Trinajstić information content (AvgIpc) is 3.38. The van der Waals surface area contributed by atoms with Gasteiger partial charge in [-0.3, -0.25) is 9.69 Å². The summed E-state index contributed by atoms with van der Waals surface area (Å²) in [5.41, 5.74) is 7.94. The molecular formula is C32H41N7O2. The molecule has 0 saturated carbocycles. The lowest BCUT2D eigenvalue weighted by Crippen LogP contribution is -2.60. The quantitative estimate of drug-likeness (QED) is 0.406. The molecule has 1 amide bonds. The van der Waals surface area contributed by atoms with Gasteiger partial charge in [-0.25, -0.2) is 4.68 Å². The van der Waals surface area contributed by atoms with Crippen molar-refractivity contribution in [3.63, 3.8) is 0 Å². The number of aromatic nitrogens is 2. The standard InChI is InChI=1S/C32H41N7O2/c33-31(40)29-30(23-6-8-27(9-7-23)41-26-4-2-1-3-5-26)36-39-28(10-15-35-32(29)39)22-11-16-37(17-12-22)24-13-18-38(19-14-24)25-20-34-21-25/h1-9,22,24-25,28,34-35H,10-21H2,(H2,33,40)/t28-/m0/s1. The molecule has 41 heavy (non-hydrogen) atoms. The van der Waals surface area contributed by atoms with Crippen LogP contribution in [0, 0.1) is 5.92 Å². The summed E-state index contributed by atoms with van der Waals surface area (Å²) in [6, 6.07) is 19.2. The molecule has 3 saturated heterocycles. The number of benzene rings is 2. The molecule has 1 atom stereocenters. The number of anilines is 1. The maximum Gasteiger partial charge on any atom is 0.254 e. The Morgan fingerprint density at radius 1 is 0.829 bits per heavy atom. The molecule has 0 bridgehead atoms. The molecule has 3 fully saturated rings. The number of hydrogen-bond donors (Lipinski definition) is 3. The first-order chi connectivity index (χ1) is 20.1. The number of hydrogen-bond acceptors (Lipinski definition) is 7. The zero-order valence-electron chi connectivity index (χ0n) is 23.7. The molecule has 4 aliphatic rings. The summed E-state index contributed by atoms with van der Waals surface area (Å²) in [5.74, 6) is 2.39. The van der Waals surface area contributed by atoms with Gasteiger partial charge in [-0.2, -0.15) is 5.10 Å². The van der Waals surface area contributed by atoms with E-state index in [-0.39, 0.29) is 6.04 Å². The molecule has 9 heteroatoms. The molecule has 0 radical (unpaired) electrons. The summed E-state index contributed by atoms with van der Waals surface area (Å²) in [4.78, 5) is 18.1. The highest BCUT2D eigenvalue weighted by Gasteiger charge is 2.37. The third-order valence-corrected chi connectivity index (χ3v) is 9.72. The Morgan fingerprint density at radius 2 is 1.49 bits per heavy atom. The van der Waals surface area contributed by atoms with Crippen molar-refractivity contribution in [3.05, 3.63) is 60.2 Å². The summed E-state index contributed by atoms with van der Waals surface area (Å²) < 4.78 is 8.04. The van der Waals surface area contributed by atoms with E-state index in [0.29, 0.717) is 17.2 Å². The lowest BCUT2D eigenvalue weighted by Gasteiger charge is -2.46. The van der Waals surface area contributed by atoms with Crippen molar-refractivity contribution in [1.29, 1.82) is 0 Å². The first-order valence-corrected chi connectivity index (χ1v) is 15.3. The van der Waals surface area contributed by atoms with Gasteiger partial charge in [0.1, 0.15) is 28.6 Å². The Hall–Kier alpha value is -3.40. The maximum absolute atomic E-state index is 12.7. The van der Waals surface area contributed by atoms with Crippen LogP contribution in [0.5, 0.6) is 11.5 Å². The molecule has 1 aromatic heterocycles. The molecule has 0 unspecified atom stereocenters. The van der Waals surface area contributed by atoms with Gasteiger partial charge in [0.15, 0.2) is 0 Å². The number of para-hydroxylation sites is 1. The van der Waals surface area contributed by atoms with E-state index in [1.54, 1.807) is 0 Å². The zero-order chi connectivity index (χ0) is 27.8. The Labute approximate surface area is 242 Å². The van der Waals surface area contributed by atoms with E-state index in [1.165, 1.54) is 38.8 Å². The highest BCUT2D eigenvalue weighted by atomic mass is 16.5. The van der Waals surface area contributed by atoms with Gasteiger partial charge in [0.2, 0.25) is 0 Å². The number of nitrogens with two attached hydrogens (primary N) is 1. The van der Waals surface area contributed by atoms with Gasteiger partial charge < -0.3 is 26.0 Å². The smallest absolute Gasteiger partial charge is 0.254 e. The lowest BCUT2D eigenvalue weighted by molar-refractivity contribution is 0.0416. The van der Waals surface area contributed by atoms with Crippen LogP contribution in [0.15, 0.2) is 54.6 Å². The molecule has 3 aromatic rings. The number of rotatable bonds is 7. The molecular weight excluding hydrogens is 514 g/mol. The molecule has 7 rings (SSSR count). The average molecular weight is 556 g/mol. The predicted molar refractivity (Wildman–Crippen MR) is 160 cm³/mol. The fourth-order valence-electron chi connectivity index (χ4n) is 7.30. The fraction of sp³-hybridized carbons (Fsp3) is 0.500. The second-order valence-electron chi connectivity index (χ2n) is 12.1. The van der Waals surface area contributed by atoms with Crippen LogP contribution < -0.4 is 21.1 Å². The van der Waals surface area contributed by atoms with Gasteiger partial charge in [-0.15, -0.1) is 0 Å². The van der Waals surface area contributed by atoms with Crippen LogP contribution in [0.3, 0.4) is 0 Å². The van der Waals surface area contributed by atoms with Crippen molar-refractivity contribution in [2.75, 3.05) is 51.1 Å². The minimum atomic E-state index is -0.446. The van der Waals surface area contributed by atoms with Crippen molar-refractivity contribution in [1.82, 2.24) is 24.9 Å². The number of likely N-dealkylation sites (tertiary alicyclic amines) is 2. The van der Waals surface area contributed by atoms with Crippen LogP contribution in [0.1, 0.15) is 48.5 Å². The molecule has 4 N–H and O–H groups in total. The summed E-state index contributed by atoms with van der Waals surface area (Å²) >= 11 is 0. The molecule has 9 nitrogen and oxygen atoms in total. The first-order valence-electron chi connectivity index (χ1n) is 15.3. The largest absolute Gasteiger partial charge is 0.457 e. The lowest BCUT2D eigenvalue weighted by atomic mass is 9.85. The second-order valence-corrected chi connectivity index (χ2v) is 12.1. The Bertz CT molecular complexity index is 1340. The van der Waals surface area contributed by atoms with E-state index in [1.807, 2.05) is 54.6 Å². The van der Waals surface area contributed by atoms with Crippen LogP contribution in [0.25, 0.3) is 11.3 Å². The van der Waals surface area contributed by atoms with Crippen molar-refractivity contribution < 1.29 is 9.53 Å². The van der Waals surface area contributed by atoms with Crippen molar-refractivity contribution in [2.45, 2.75) is 50.2 Å². The number of carbonyl (C=O) groups is 1. The van der Waals surface area contributed by atoms with Crippen LogP contribution in [-0.4, -0.2) is 83.4 Å². The molecule has 0 aliphatic carbocycles. The van der Waals surface area contributed by atoms with Gasteiger partial charge in [-0.1, -0.05) is 18.2 Å². The predicted octanol–water partition coefficient (Wildman–Crippen LogP) is 3.95. The Morgan fingerprint density at radius 3 is 2.15 bits per heavy atom. The van der Waals surface area contributed by atoms with E-state index < -0.39 is 5.91 Å². The van der Waals surface area contributed by atoms with E-state index in [9.17, 15) is 4.79 Å². The molecule has 216 valence electrons. The zero-order valence-corrected chi connectivity index (χ0v) is 23.7. The Balaban J connectivity index is 1.04. The van der Waals surface area contributed by atoms with Crippen molar-refractivity contribution >= 4 is 11.7 Å². The summed E-state index contributed by atoms with van der Waals surface area (Å²) in [5, 5.41) is 11.9. The maximum atomic E-state index is 12.7. The van der Waals surface area contributed by atoms with Crippen LogP contribution in [0.4, 0.5) is 5.82 Å². The summed E-state index contributed by atoms with van der Waals surface area (Å²) in [6.07, 6.45) is 5.93. The van der Waals surface area contributed by atoms with E-state index in [2.05, 4.69) is 25.1 Å². The number of fused-ring (bicyclic) bond motifs is 1. The second kappa shape index (κ2) is 11.5. The van der Waals surface area contributed by atoms with Gasteiger partial charge in [0, 0.05) is 50.4 Å². The van der Waals surface area contributed by atoms with Gasteiger partial charge in [0.05, 0.1) is 6.04 Å². The molecule has 0 spiro atoms. The molecule has 2 aromatic carbocycles. The normalized spacial score (nSPS) is 23.0. The Kier molecular flexibility index (Phi) is 7.41. The first kappa shape index (κ1) is 26.5. The van der Waals surface area contributed by atoms with Crippen LogP contribution in [-0.2, 0) is 0 Å². The van der Waals surface area contributed by atoms with Gasteiger partial charge >= 0.3 is 0 Å².